The molecule has 1 aliphatic heterocycles. The number of anilines is 1. The van der Waals surface area contributed by atoms with Crippen LogP contribution in [-0.4, -0.2) is 25.0 Å². The molecule has 2 N–H and O–H groups in total. The van der Waals surface area contributed by atoms with Gasteiger partial charge in [0.15, 0.2) is 0 Å². The molecule has 8 nitrogen and oxygen atoms in total. The molecule has 0 aliphatic carbocycles. The van der Waals surface area contributed by atoms with E-state index in [2.05, 4.69) is 15.3 Å². The molecule has 3 rings (SSSR count). The van der Waals surface area contributed by atoms with E-state index in [9.17, 15) is 14.4 Å². The number of hydrogen-bond donors (Lipinski definition) is 2. The summed E-state index contributed by atoms with van der Waals surface area (Å²) in [5.41, 5.74) is -0.716. The number of rotatable bonds is 3. The number of aromatic amines is 1. The van der Waals surface area contributed by atoms with Crippen molar-refractivity contribution in [3.8, 4) is 0 Å². The molecule has 2 aromatic heterocycles. The lowest BCUT2D eigenvalue weighted by molar-refractivity contribution is -0.115. The van der Waals surface area contributed by atoms with Crippen LogP contribution in [0.4, 0.5) is 5.82 Å². The number of aryl methyl sites for hydroxylation is 1. The smallest absolute Gasteiger partial charge is 0.315 e. The highest BCUT2D eigenvalue weighted by molar-refractivity contribution is 5.91. The Morgan fingerprint density at radius 1 is 1.41 bits per heavy atom. The number of H-pyrrole nitrogens is 1. The maximum Gasteiger partial charge on any atom is 0.328 e. The van der Waals surface area contributed by atoms with Crippen molar-refractivity contribution in [2.75, 3.05) is 5.32 Å². The summed E-state index contributed by atoms with van der Waals surface area (Å²) < 4.78 is 2.94. The number of fused-ring (bicyclic) bond motifs is 1. The lowest BCUT2D eigenvalue weighted by atomic mass is 10.2. The Balaban J connectivity index is 1.76. The summed E-state index contributed by atoms with van der Waals surface area (Å²) in [5.74, 6) is 1.32. The monoisotopic (exact) mass is 303 g/mol. The summed E-state index contributed by atoms with van der Waals surface area (Å²) in [6.45, 7) is 0.839. The van der Waals surface area contributed by atoms with Gasteiger partial charge in [-0.25, -0.2) is 9.78 Å². The number of aromatic nitrogens is 4. The number of nitrogens with zero attached hydrogens (tertiary/aromatic N) is 3. The van der Waals surface area contributed by atoms with Crippen molar-refractivity contribution in [2.45, 2.75) is 32.2 Å². The minimum Gasteiger partial charge on any atom is -0.315 e. The quantitative estimate of drug-likeness (QED) is 0.819. The van der Waals surface area contributed by atoms with Crippen molar-refractivity contribution >= 4 is 11.7 Å². The van der Waals surface area contributed by atoms with E-state index in [-0.39, 0.29) is 17.9 Å². The van der Waals surface area contributed by atoms with Gasteiger partial charge in [0.05, 0.1) is 12.6 Å². The van der Waals surface area contributed by atoms with Crippen molar-refractivity contribution in [1.82, 2.24) is 19.1 Å². The third kappa shape index (κ3) is 2.59. The predicted octanol–water partition coefficient (Wildman–Crippen LogP) is -0.212. The lowest BCUT2D eigenvalue weighted by Crippen LogP contribution is -2.35. The molecule has 0 spiro atoms. The first-order valence-electron chi connectivity index (χ1n) is 7.18. The van der Waals surface area contributed by atoms with Crippen LogP contribution in [-0.2, 0) is 31.2 Å². The average molecular weight is 303 g/mol. The van der Waals surface area contributed by atoms with Crippen LogP contribution in [0.2, 0.25) is 0 Å². The van der Waals surface area contributed by atoms with Crippen molar-refractivity contribution in [1.29, 1.82) is 0 Å². The van der Waals surface area contributed by atoms with Crippen molar-refractivity contribution < 1.29 is 4.79 Å². The molecule has 0 fully saturated rings. The standard InChI is InChI=1S/C14H17N5O3/c1-18-13(21)9(7-16-14(18)22)6-12(20)17-11-8-15-10-4-2-3-5-19(10)11/h7-8H,2-6H2,1H3,(H,16,22)(H,17,20). The lowest BCUT2D eigenvalue weighted by Gasteiger charge is -2.16. The number of nitrogens with one attached hydrogen (secondary N) is 2. The van der Waals surface area contributed by atoms with E-state index in [0.29, 0.717) is 5.82 Å². The molecule has 22 heavy (non-hydrogen) atoms. The molecule has 0 bridgehead atoms. The Kier molecular flexibility index (Phi) is 3.66. The van der Waals surface area contributed by atoms with Crippen molar-refractivity contribution in [3.63, 3.8) is 0 Å². The second-order valence-electron chi connectivity index (χ2n) is 5.38. The van der Waals surface area contributed by atoms with E-state index in [0.717, 1.165) is 36.2 Å². The third-order valence-corrected chi connectivity index (χ3v) is 3.84. The second kappa shape index (κ2) is 5.63. The van der Waals surface area contributed by atoms with Crippen LogP contribution in [0.15, 0.2) is 22.0 Å². The molecule has 1 amide bonds. The minimum atomic E-state index is -0.501. The van der Waals surface area contributed by atoms with E-state index in [4.69, 9.17) is 0 Å². The molecule has 0 saturated carbocycles. The number of carbonyl (C=O) groups is 1. The van der Waals surface area contributed by atoms with E-state index in [1.165, 1.54) is 13.2 Å². The molecule has 1 aliphatic rings. The largest absolute Gasteiger partial charge is 0.328 e. The summed E-state index contributed by atoms with van der Waals surface area (Å²) in [5, 5.41) is 2.78. The molecule has 116 valence electrons. The van der Waals surface area contributed by atoms with Gasteiger partial charge in [-0.2, -0.15) is 0 Å². The van der Waals surface area contributed by atoms with E-state index in [1.807, 2.05) is 4.57 Å². The Bertz CT molecular complexity index is 830. The van der Waals surface area contributed by atoms with E-state index >= 15 is 0 Å². The van der Waals surface area contributed by atoms with Gasteiger partial charge in [-0.05, 0) is 12.8 Å². The third-order valence-electron chi connectivity index (χ3n) is 3.84. The molecule has 3 heterocycles. The molecule has 8 heteroatoms. The van der Waals surface area contributed by atoms with E-state index < -0.39 is 11.2 Å². The van der Waals surface area contributed by atoms with Gasteiger partial charge in [-0.3, -0.25) is 14.2 Å². The zero-order valence-corrected chi connectivity index (χ0v) is 12.3. The predicted molar refractivity (Wildman–Crippen MR) is 79.8 cm³/mol. The van der Waals surface area contributed by atoms with Crippen LogP contribution < -0.4 is 16.6 Å². The molecule has 0 aromatic carbocycles. The summed E-state index contributed by atoms with van der Waals surface area (Å²) >= 11 is 0. The Morgan fingerprint density at radius 2 is 2.23 bits per heavy atom. The molecule has 0 radical (unpaired) electrons. The highest BCUT2D eigenvalue weighted by atomic mass is 16.2. The number of hydrogen-bond acceptors (Lipinski definition) is 4. The summed E-state index contributed by atoms with van der Waals surface area (Å²) in [6, 6.07) is 0. The first-order valence-corrected chi connectivity index (χ1v) is 7.18. The van der Waals surface area contributed by atoms with Gasteiger partial charge < -0.3 is 14.9 Å². The molecule has 0 saturated heterocycles. The van der Waals surface area contributed by atoms with E-state index in [1.54, 1.807) is 6.20 Å². The number of amides is 1. The molecule has 0 unspecified atom stereocenters. The fourth-order valence-electron chi connectivity index (χ4n) is 2.62. The van der Waals surface area contributed by atoms with Crippen LogP contribution >= 0.6 is 0 Å². The maximum absolute atomic E-state index is 12.1. The van der Waals surface area contributed by atoms with Gasteiger partial charge in [0.2, 0.25) is 5.91 Å². The average Bonchev–Trinajstić information content (AvgIpc) is 2.91. The van der Waals surface area contributed by atoms with Gasteiger partial charge in [0.25, 0.3) is 5.56 Å². The highest BCUT2D eigenvalue weighted by Gasteiger charge is 2.16. The van der Waals surface area contributed by atoms with Gasteiger partial charge >= 0.3 is 5.69 Å². The van der Waals surface area contributed by atoms with Crippen LogP contribution in [0.3, 0.4) is 0 Å². The SMILES string of the molecule is Cn1c(=O)[nH]cc(CC(=O)Nc2cnc3n2CCCC3)c1=O. The minimum absolute atomic E-state index is 0.0933. The fraction of sp³-hybridized carbons (Fsp3) is 0.429. The Labute approximate surface area is 125 Å². The van der Waals surface area contributed by atoms with Crippen LogP contribution in [0.5, 0.6) is 0 Å². The Hall–Kier alpha value is -2.64. The summed E-state index contributed by atoms with van der Waals surface area (Å²) in [6.07, 6.45) is 5.92. The van der Waals surface area contributed by atoms with Gasteiger partial charge in [0.1, 0.15) is 11.6 Å². The van der Waals surface area contributed by atoms with Crippen LogP contribution in [0, 0.1) is 0 Å². The van der Waals surface area contributed by atoms with Crippen molar-refractivity contribution in [2.24, 2.45) is 7.05 Å². The molecule has 2 aromatic rings. The topological polar surface area (TPSA) is 102 Å². The first kappa shape index (κ1) is 14.3. The van der Waals surface area contributed by atoms with Crippen molar-refractivity contribution in [3.05, 3.63) is 44.6 Å². The van der Waals surface area contributed by atoms with Crippen LogP contribution in [0.25, 0.3) is 0 Å². The molecule has 0 atom stereocenters. The Morgan fingerprint density at radius 3 is 3.05 bits per heavy atom. The highest BCUT2D eigenvalue weighted by Crippen LogP contribution is 2.19. The summed E-state index contributed by atoms with van der Waals surface area (Å²) in [7, 11) is 1.37. The number of imidazole rings is 1. The van der Waals surface area contributed by atoms with Gasteiger partial charge in [0, 0.05) is 31.8 Å². The zero-order valence-electron chi connectivity index (χ0n) is 12.3. The maximum atomic E-state index is 12.1. The molecular weight excluding hydrogens is 286 g/mol. The zero-order chi connectivity index (χ0) is 15.7. The number of carbonyl (C=O) groups excluding carboxylic acids is 1. The van der Waals surface area contributed by atoms with Gasteiger partial charge in [-0.15, -0.1) is 0 Å². The fourth-order valence-corrected chi connectivity index (χ4v) is 2.62. The van der Waals surface area contributed by atoms with Gasteiger partial charge in [-0.1, -0.05) is 0 Å². The van der Waals surface area contributed by atoms with Crippen LogP contribution in [0.1, 0.15) is 24.2 Å². The first-order chi connectivity index (χ1) is 10.6. The second-order valence-corrected chi connectivity index (χ2v) is 5.38. The summed E-state index contributed by atoms with van der Waals surface area (Å²) in [4.78, 5) is 42.0. The normalized spacial score (nSPS) is 13.7. The molecular formula is C14H17N5O3.